The average molecular weight is 551 g/mol. The van der Waals surface area contributed by atoms with E-state index in [1.807, 2.05) is 6.07 Å². The molecule has 4 heterocycles. The molecule has 0 saturated carbocycles. The van der Waals surface area contributed by atoms with Gasteiger partial charge in [-0.25, -0.2) is 18.4 Å². The number of aryl methyl sites for hydroxylation is 1. The minimum atomic E-state index is -4.45. The van der Waals surface area contributed by atoms with E-state index in [9.17, 15) is 21.6 Å². The highest BCUT2D eigenvalue weighted by Crippen LogP contribution is 2.39. The second kappa shape index (κ2) is 9.96. The maximum atomic E-state index is 13.5. The number of nitrogens with one attached hydrogen (secondary N) is 1. The number of rotatable bonds is 6. The maximum absolute atomic E-state index is 13.5. The lowest BCUT2D eigenvalue weighted by Gasteiger charge is -2.29. The van der Waals surface area contributed by atoms with Crippen LogP contribution in [0.25, 0.3) is 11.0 Å². The van der Waals surface area contributed by atoms with Crippen LogP contribution >= 0.6 is 0 Å². The number of pyridine rings is 1. The Bertz CT molecular complexity index is 1460. The Kier molecular flexibility index (Phi) is 6.97. The normalized spacial score (nSPS) is 19.2. The van der Waals surface area contributed by atoms with Gasteiger partial charge in [0.15, 0.2) is 5.65 Å². The monoisotopic (exact) mass is 550 g/mol. The van der Waals surface area contributed by atoms with E-state index in [1.54, 1.807) is 19.9 Å². The fourth-order valence-electron chi connectivity index (χ4n) is 5.01. The Balaban J connectivity index is 1.55. The molecule has 2 fully saturated rings. The molecule has 1 atom stereocenters. The number of anilines is 1. The van der Waals surface area contributed by atoms with Gasteiger partial charge in [-0.2, -0.15) is 18.2 Å². The third-order valence-corrected chi connectivity index (χ3v) is 8.89. The van der Waals surface area contributed by atoms with Crippen LogP contribution in [0.2, 0.25) is 0 Å². The van der Waals surface area contributed by atoms with Crippen LogP contribution in [0.5, 0.6) is 5.88 Å². The number of alkyl halides is 3. The summed E-state index contributed by atoms with van der Waals surface area (Å²) in [6.07, 6.45) is -3.70. The van der Waals surface area contributed by atoms with E-state index in [1.165, 1.54) is 13.0 Å². The molecule has 2 aromatic heterocycles. The molecule has 8 nitrogen and oxygen atoms in total. The largest absolute Gasteiger partial charge is 0.469 e. The summed E-state index contributed by atoms with van der Waals surface area (Å²) in [5, 5.41) is 3.86. The predicted molar refractivity (Wildman–Crippen MR) is 136 cm³/mol. The predicted octanol–water partition coefficient (Wildman–Crippen LogP) is 4.90. The van der Waals surface area contributed by atoms with Crippen LogP contribution in [0.15, 0.2) is 24.3 Å². The van der Waals surface area contributed by atoms with E-state index in [0.29, 0.717) is 60.2 Å². The second-order valence-corrected chi connectivity index (χ2v) is 12.3. The molecule has 5 rings (SSSR count). The van der Waals surface area contributed by atoms with Crippen molar-refractivity contribution in [1.82, 2.24) is 15.0 Å². The van der Waals surface area contributed by atoms with Gasteiger partial charge in [0.2, 0.25) is 5.88 Å². The summed E-state index contributed by atoms with van der Waals surface area (Å²) in [6, 6.07) is 5.52. The topological polar surface area (TPSA) is 103 Å². The van der Waals surface area contributed by atoms with Gasteiger partial charge in [0, 0.05) is 5.56 Å². The number of ether oxygens (including phenoxy) is 2. The molecule has 1 N–H and O–H groups in total. The molecule has 2 aliphatic rings. The lowest BCUT2D eigenvalue weighted by atomic mass is 9.93. The third kappa shape index (κ3) is 5.42. The molecule has 0 bridgehead atoms. The minimum absolute atomic E-state index is 0.0799. The van der Waals surface area contributed by atoms with E-state index >= 15 is 0 Å². The lowest BCUT2D eigenvalue weighted by molar-refractivity contribution is -0.138. The second-order valence-electron chi connectivity index (χ2n) is 9.96. The van der Waals surface area contributed by atoms with Crippen LogP contribution in [-0.2, 0) is 20.8 Å². The molecule has 3 aromatic rings. The Morgan fingerprint density at radius 3 is 2.45 bits per heavy atom. The zero-order valence-electron chi connectivity index (χ0n) is 21.3. The van der Waals surface area contributed by atoms with Gasteiger partial charge < -0.3 is 14.8 Å². The van der Waals surface area contributed by atoms with Crippen molar-refractivity contribution in [2.45, 2.75) is 57.9 Å². The van der Waals surface area contributed by atoms with Crippen molar-refractivity contribution < 1.29 is 31.1 Å². The first kappa shape index (κ1) is 26.6. The summed E-state index contributed by atoms with van der Waals surface area (Å²) in [6.45, 7) is 5.85. The van der Waals surface area contributed by atoms with Gasteiger partial charge in [-0.3, -0.25) is 0 Å². The van der Waals surface area contributed by atoms with Crippen LogP contribution in [0.1, 0.15) is 59.8 Å². The Labute approximate surface area is 218 Å². The van der Waals surface area contributed by atoms with Crippen LogP contribution in [0.3, 0.4) is 0 Å². The summed E-state index contributed by atoms with van der Waals surface area (Å²) in [5.41, 5.74) is 1.13. The number of benzene rings is 1. The summed E-state index contributed by atoms with van der Waals surface area (Å²) in [7, 11) is -3.07. The summed E-state index contributed by atoms with van der Waals surface area (Å²) < 4.78 is 76.0. The van der Waals surface area contributed by atoms with Crippen molar-refractivity contribution in [2.75, 3.05) is 30.0 Å². The number of aromatic nitrogens is 3. The quantitative estimate of drug-likeness (QED) is 0.462. The molecule has 2 aliphatic heterocycles. The minimum Gasteiger partial charge on any atom is -0.469 e. The van der Waals surface area contributed by atoms with Gasteiger partial charge in [-0.15, -0.1) is 0 Å². The first-order valence-electron chi connectivity index (χ1n) is 12.5. The molecule has 2 saturated heterocycles. The fraction of sp³-hybridized carbons (Fsp3) is 0.500. The molecule has 0 spiro atoms. The smallest absolute Gasteiger partial charge is 0.416 e. The molecular formula is C26H29F3N4O4S. The van der Waals surface area contributed by atoms with Gasteiger partial charge >= 0.3 is 6.18 Å². The lowest BCUT2D eigenvalue weighted by Crippen LogP contribution is -2.39. The van der Waals surface area contributed by atoms with Gasteiger partial charge in [0.05, 0.1) is 41.7 Å². The first-order chi connectivity index (χ1) is 17.9. The van der Waals surface area contributed by atoms with Crippen LogP contribution in [0.4, 0.5) is 19.0 Å². The van der Waals surface area contributed by atoms with Gasteiger partial charge in [0.1, 0.15) is 27.6 Å². The molecule has 0 unspecified atom stereocenters. The fourth-order valence-corrected chi connectivity index (χ4v) is 6.50. The molecule has 0 amide bonds. The Morgan fingerprint density at radius 2 is 1.82 bits per heavy atom. The Morgan fingerprint density at radius 1 is 1.11 bits per heavy atom. The first-order valence-corrected chi connectivity index (χ1v) is 14.3. The van der Waals surface area contributed by atoms with Crippen molar-refractivity contribution in [3.05, 3.63) is 52.3 Å². The van der Waals surface area contributed by atoms with Crippen molar-refractivity contribution in [3.63, 3.8) is 0 Å². The number of fused-ring (bicyclic) bond motifs is 1. The standard InChI is InChI=1S/C26H29F3N4O4S/c1-14-19(5-4-6-22(14)26(27,28)29)15(2)30-23-21-11-20(17-7-9-38(34,35)10-8-17)25(37-18-12-36-13-18)33-24(21)32-16(3)31-23/h4-6,11,15,17-18H,7-10,12-13H2,1-3H3,(H,30,31,32,33)/t15-/m1/s1. The van der Waals surface area contributed by atoms with Crippen molar-refractivity contribution in [1.29, 1.82) is 0 Å². The molecule has 1 aromatic carbocycles. The molecule has 38 heavy (non-hydrogen) atoms. The Hall–Kier alpha value is -2.99. The van der Waals surface area contributed by atoms with E-state index < -0.39 is 27.6 Å². The highest BCUT2D eigenvalue weighted by atomic mass is 32.2. The molecule has 0 aliphatic carbocycles. The summed E-state index contributed by atoms with van der Waals surface area (Å²) >= 11 is 0. The SMILES string of the molecule is Cc1nc(N[C@H](C)c2cccc(C(F)(F)F)c2C)c2cc(C3CCS(=O)(=O)CC3)c(OC3COC3)nc2n1. The van der Waals surface area contributed by atoms with E-state index in [0.717, 1.165) is 11.6 Å². The van der Waals surface area contributed by atoms with E-state index in [-0.39, 0.29) is 29.1 Å². The number of nitrogens with zero attached hydrogens (tertiary/aromatic N) is 3. The van der Waals surface area contributed by atoms with Gasteiger partial charge in [0.25, 0.3) is 0 Å². The number of hydrogen-bond acceptors (Lipinski definition) is 8. The molecule has 0 radical (unpaired) electrons. The maximum Gasteiger partial charge on any atom is 0.416 e. The summed E-state index contributed by atoms with van der Waals surface area (Å²) in [5.74, 6) is 1.37. The third-order valence-electron chi connectivity index (χ3n) is 7.17. The highest BCUT2D eigenvalue weighted by Gasteiger charge is 2.34. The average Bonchev–Trinajstić information content (AvgIpc) is 2.80. The van der Waals surface area contributed by atoms with E-state index in [2.05, 4.69) is 15.3 Å². The molecule has 204 valence electrons. The van der Waals surface area contributed by atoms with E-state index in [4.69, 9.17) is 14.5 Å². The van der Waals surface area contributed by atoms with Gasteiger partial charge in [-0.1, -0.05) is 12.1 Å². The number of sulfone groups is 1. The van der Waals surface area contributed by atoms with Crippen molar-refractivity contribution in [2.24, 2.45) is 0 Å². The van der Waals surface area contributed by atoms with Crippen molar-refractivity contribution in [3.8, 4) is 5.88 Å². The van der Waals surface area contributed by atoms with Crippen molar-refractivity contribution >= 4 is 26.7 Å². The zero-order valence-corrected chi connectivity index (χ0v) is 22.1. The van der Waals surface area contributed by atoms with Crippen LogP contribution < -0.4 is 10.1 Å². The van der Waals surface area contributed by atoms with Crippen LogP contribution in [-0.4, -0.2) is 54.2 Å². The highest BCUT2D eigenvalue weighted by molar-refractivity contribution is 7.91. The van der Waals surface area contributed by atoms with Crippen LogP contribution in [0, 0.1) is 13.8 Å². The zero-order chi connectivity index (χ0) is 27.2. The number of halogens is 3. The molecular weight excluding hydrogens is 521 g/mol. The molecule has 12 heteroatoms. The van der Waals surface area contributed by atoms with Gasteiger partial charge in [-0.05, 0) is 62.8 Å². The summed E-state index contributed by atoms with van der Waals surface area (Å²) in [4.78, 5) is 13.7. The number of hydrogen-bond donors (Lipinski definition) is 1.